The SMILES string of the molecule is COCC(C(=O)OC)N1C[C@H](NC(=O)Nc2c3c(nn2-c2ccccc2)CCC3)[C@@H](c2ccccc2)C1. The number of anilines is 1. The summed E-state index contributed by atoms with van der Waals surface area (Å²) in [5, 5.41) is 11.1. The molecule has 1 aromatic heterocycles. The van der Waals surface area contributed by atoms with Crippen molar-refractivity contribution in [2.45, 2.75) is 37.3 Å². The van der Waals surface area contributed by atoms with E-state index in [0.717, 1.165) is 41.8 Å². The van der Waals surface area contributed by atoms with Gasteiger partial charge >= 0.3 is 12.0 Å². The van der Waals surface area contributed by atoms with Gasteiger partial charge in [-0.3, -0.25) is 15.0 Å². The first-order chi connectivity index (χ1) is 18.1. The van der Waals surface area contributed by atoms with Gasteiger partial charge in [-0.15, -0.1) is 0 Å². The van der Waals surface area contributed by atoms with E-state index < -0.39 is 6.04 Å². The third-order valence-electron chi connectivity index (χ3n) is 7.27. The normalized spacial score (nSPS) is 19.8. The molecule has 194 valence electrons. The first-order valence-electron chi connectivity index (χ1n) is 12.7. The van der Waals surface area contributed by atoms with Crippen LogP contribution in [0.25, 0.3) is 5.69 Å². The molecule has 0 radical (unpaired) electrons. The van der Waals surface area contributed by atoms with Crippen LogP contribution in [0.5, 0.6) is 0 Å². The minimum absolute atomic E-state index is 0.000659. The van der Waals surface area contributed by atoms with E-state index in [4.69, 9.17) is 14.6 Å². The van der Waals surface area contributed by atoms with Crippen LogP contribution in [0, 0.1) is 0 Å². The number of nitrogens with one attached hydrogen (secondary N) is 2. The highest BCUT2D eigenvalue weighted by molar-refractivity contribution is 5.90. The van der Waals surface area contributed by atoms with Crippen LogP contribution in [0.15, 0.2) is 60.7 Å². The predicted octanol–water partition coefficient (Wildman–Crippen LogP) is 3.14. The number of carbonyl (C=O) groups excluding carboxylic acids is 2. The van der Waals surface area contributed by atoms with Crippen LogP contribution in [0.1, 0.15) is 29.2 Å². The lowest BCUT2D eigenvalue weighted by atomic mass is 9.94. The molecule has 1 saturated heterocycles. The highest BCUT2D eigenvalue weighted by Crippen LogP contribution is 2.32. The number of amides is 2. The van der Waals surface area contributed by atoms with Gasteiger partial charge in [-0.25, -0.2) is 9.48 Å². The second-order valence-corrected chi connectivity index (χ2v) is 9.55. The number of ether oxygens (including phenoxy) is 2. The summed E-state index contributed by atoms with van der Waals surface area (Å²) in [6.45, 7) is 1.30. The number of aryl methyl sites for hydroxylation is 1. The Hall–Kier alpha value is -3.69. The summed E-state index contributed by atoms with van der Waals surface area (Å²) in [5.74, 6) is 0.371. The maximum Gasteiger partial charge on any atom is 0.325 e. The Balaban J connectivity index is 1.38. The Morgan fingerprint density at radius 3 is 2.46 bits per heavy atom. The number of likely N-dealkylation sites (tertiary alicyclic amines) is 1. The average molecular weight is 504 g/mol. The van der Waals surface area contributed by atoms with E-state index in [1.807, 2.05) is 58.1 Å². The minimum Gasteiger partial charge on any atom is -0.468 e. The highest BCUT2D eigenvalue weighted by atomic mass is 16.5. The van der Waals surface area contributed by atoms with E-state index >= 15 is 0 Å². The monoisotopic (exact) mass is 503 g/mol. The van der Waals surface area contributed by atoms with Crippen LogP contribution >= 0.6 is 0 Å². The van der Waals surface area contributed by atoms with Crippen molar-refractivity contribution >= 4 is 17.8 Å². The molecule has 5 rings (SSSR count). The second-order valence-electron chi connectivity index (χ2n) is 9.55. The Bertz CT molecular complexity index is 1230. The molecule has 1 aliphatic heterocycles. The van der Waals surface area contributed by atoms with E-state index in [2.05, 4.69) is 22.8 Å². The molecule has 3 atom stereocenters. The summed E-state index contributed by atoms with van der Waals surface area (Å²) in [7, 11) is 2.95. The van der Waals surface area contributed by atoms with Gasteiger partial charge in [-0.2, -0.15) is 5.10 Å². The van der Waals surface area contributed by atoms with Crippen LogP contribution in [0.4, 0.5) is 10.6 Å². The van der Waals surface area contributed by atoms with E-state index in [1.54, 1.807) is 7.11 Å². The average Bonchev–Trinajstić information content (AvgIpc) is 3.64. The smallest absolute Gasteiger partial charge is 0.325 e. The van der Waals surface area contributed by atoms with Gasteiger partial charge in [0.25, 0.3) is 0 Å². The second kappa shape index (κ2) is 11.1. The van der Waals surface area contributed by atoms with Gasteiger partial charge in [-0.1, -0.05) is 48.5 Å². The van der Waals surface area contributed by atoms with Crippen molar-refractivity contribution in [3.05, 3.63) is 77.5 Å². The number of aromatic nitrogens is 2. The van der Waals surface area contributed by atoms with Crippen molar-refractivity contribution < 1.29 is 19.1 Å². The van der Waals surface area contributed by atoms with Crippen LogP contribution in [0.3, 0.4) is 0 Å². The lowest BCUT2D eigenvalue weighted by molar-refractivity contribution is -0.148. The molecular formula is C28H33N5O4. The first-order valence-corrected chi connectivity index (χ1v) is 12.7. The van der Waals surface area contributed by atoms with Crippen molar-refractivity contribution in [3.8, 4) is 5.69 Å². The number of rotatable bonds is 8. The fraction of sp³-hybridized carbons (Fsp3) is 0.393. The molecule has 37 heavy (non-hydrogen) atoms. The lowest BCUT2D eigenvalue weighted by Gasteiger charge is -2.25. The molecule has 3 aromatic rings. The summed E-state index contributed by atoms with van der Waals surface area (Å²) in [6.07, 6.45) is 2.83. The number of methoxy groups -OCH3 is 2. The number of hydrogen-bond donors (Lipinski definition) is 2. The Labute approximate surface area is 216 Å². The Morgan fingerprint density at radius 2 is 1.76 bits per heavy atom. The van der Waals surface area contributed by atoms with Gasteiger partial charge < -0.3 is 14.8 Å². The fourth-order valence-electron chi connectivity index (χ4n) is 5.48. The predicted molar refractivity (Wildman–Crippen MR) is 140 cm³/mol. The molecule has 2 N–H and O–H groups in total. The number of hydrogen-bond acceptors (Lipinski definition) is 6. The Morgan fingerprint density at radius 1 is 1.03 bits per heavy atom. The van der Waals surface area contributed by atoms with Gasteiger partial charge in [0.1, 0.15) is 11.9 Å². The summed E-state index contributed by atoms with van der Waals surface area (Å²) in [4.78, 5) is 28.0. The molecular weight excluding hydrogens is 470 g/mol. The van der Waals surface area contributed by atoms with Gasteiger partial charge in [0, 0.05) is 31.7 Å². The molecule has 0 spiro atoms. The first kappa shape index (κ1) is 25.0. The number of urea groups is 1. The van der Waals surface area contributed by atoms with Gasteiger partial charge in [0.2, 0.25) is 0 Å². The third kappa shape index (κ3) is 5.23. The molecule has 1 unspecified atom stereocenters. The van der Waals surface area contributed by atoms with E-state index in [1.165, 1.54) is 7.11 Å². The maximum atomic E-state index is 13.4. The largest absolute Gasteiger partial charge is 0.468 e. The maximum absolute atomic E-state index is 13.4. The van der Waals surface area contributed by atoms with E-state index in [9.17, 15) is 9.59 Å². The molecule has 0 bridgehead atoms. The molecule has 9 heteroatoms. The molecule has 2 amide bonds. The summed E-state index contributed by atoms with van der Waals surface area (Å²) in [5.41, 5.74) is 4.14. The van der Waals surface area contributed by atoms with Crippen LogP contribution in [-0.2, 0) is 27.1 Å². The third-order valence-corrected chi connectivity index (χ3v) is 7.27. The molecule has 2 heterocycles. The summed E-state index contributed by atoms with van der Waals surface area (Å²) >= 11 is 0. The van der Waals surface area contributed by atoms with E-state index in [-0.39, 0.29) is 30.6 Å². The molecule has 1 fully saturated rings. The van der Waals surface area contributed by atoms with Crippen LogP contribution in [0.2, 0.25) is 0 Å². The standard InChI is InChI=1S/C28H33N5O4/c1-36-18-25(27(34)37-2)32-16-22(19-10-5-3-6-11-19)24(17-32)29-28(35)30-26-21-14-9-15-23(21)31-33(26)20-12-7-4-8-13-20/h3-8,10-13,22,24-25H,9,14-18H2,1-2H3,(H2,29,30,35)/t22-,24+,25?/m1/s1. The number of nitrogens with zero attached hydrogens (tertiary/aromatic N) is 3. The van der Waals surface area contributed by atoms with Gasteiger partial charge in [-0.05, 0) is 37.0 Å². The van der Waals surface area contributed by atoms with Crippen molar-refractivity contribution in [1.29, 1.82) is 0 Å². The van der Waals surface area contributed by atoms with Crippen molar-refractivity contribution in [1.82, 2.24) is 20.0 Å². The number of carbonyl (C=O) groups is 2. The number of esters is 1. The molecule has 9 nitrogen and oxygen atoms in total. The number of para-hydroxylation sites is 1. The zero-order valence-corrected chi connectivity index (χ0v) is 21.2. The zero-order valence-electron chi connectivity index (χ0n) is 21.2. The highest BCUT2D eigenvalue weighted by Gasteiger charge is 2.40. The summed E-state index contributed by atoms with van der Waals surface area (Å²) in [6, 6.07) is 18.9. The molecule has 1 aliphatic carbocycles. The molecule has 2 aliphatic rings. The number of fused-ring (bicyclic) bond motifs is 1. The summed E-state index contributed by atoms with van der Waals surface area (Å²) < 4.78 is 12.2. The quantitative estimate of drug-likeness (QED) is 0.459. The lowest BCUT2D eigenvalue weighted by Crippen LogP contribution is -2.46. The van der Waals surface area contributed by atoms with Gasteiger partial charge in [0.05, 0.1) is 31.1 Å². The van der Waals surface area contributed by atoms with Crippen LogP contribution in [-0.4, -0.2) is 72.7 Å². The topological polar surface area (TPSA) is 97.7 Å². The van der Waals surface area contributed by atoms with Crippen molar-refractivity contribution in [2.24, 2.45) is 0 Å². The van der Waals surface area contributed by atoms with Crippen LogP contribution < -0.4 is 10.6 Å². The Kier molecular flexibility index (Phi) is 7.52. The minimum atomic E-state index is -0.543. The zero-order chi connectivity index (χ0) is 25.8. The molecule has 2 aromatic carbocycles. The van der Waals surface area contributed by atoms with E-state index in [0.29, 0.717) is 18.9 Å². The fourth-order valence-corrected chi connectivity index (χ4v) is 5.48. The van der Waals surface area contributed by atoms with Gasteiger partial charge in [0.15, 0.2) is 0 Å². The van der Waals surface area contributed by atoms with Crippen molar-refractivity contribution in [3.63, 3.8) is 0 Å². The number of benzene rings is 2. The van der Waals surface area contributed by atoms with Crippen molar-refractivity contribution in [2.75, 3.05) is 39.2 Å². The molecule has 0 saturated carbocycles.